The number of fused-ring (bicyclic) bond motifs is 1. The number of hydrogen-bond acceptors (Lipinski definition) is 6. The average Bonchev–Trinajstić information content (AvgIpc) is 3.53. The van der Waals surface area contributed by atoms with E-state index in [-0.39, 0.29) is 25.7 Å². The molecule has 0 aromatic heterocycles. The zero-order valence-electron chi connectivity index (χ0n) is 23.3. The summed E-state index contributed by atoms with van der Waals surface area (Å²) >= 11 is 6.13. The second-order valence-corrected chi connectivity index (χ2v) is 13.1. The second-order valence-electron chi connectivity index (χ2n) is 10.7. The molecule has 2 aromatic rings. The number of amides is 5. The maximum atomic E-state index is 13.0. The van der Waals surface area contributed by atoms with Gasteiger partial charge in [-0.15, -0.1) is 0 Å². The molecule has 5 amide bonds. The number of urea groups is 2. The van der Waals surface area contributed by atoms with Gasteiger partial charge in [0.1, 0.15) is 6.61 Å². The zero-order chi connectivity index (χ0) is 29.5. The van der Waals surface area contributed by atoms with Gasteiger partial charge in [0.05, 0.1) is 25.4 Å². The van der Waals surface area contributed by atoms with Crippen LogP contribution in [0.4, 0.5) is 14.4 Å². The van der Waals surface area contributed by atoms with Crippen molar-refractivity contribution in [2.75, 3.05) is 39.5 Å². The zero-order valence-corrected chi connectivity index (χ0v) is 24.9. The number of nitrogens with zero attached hydrogens (tertiary/aromatic N) is 4. The summed E-state index contributed by atoms with van der Waals surface area (Å²) in [5, 5.41) is 0.606. The summed E-state index contributed by atoms with van der Waals surface area (Å²) in [7, 11) is -1.96. The lowest BCUT2D eigenvalue weighted by Crippen LogP contribution is -2.47. The Morgan fingerprint density at radius 1 is 1.10 bits per heavy atom. The molecule has 2 heterocycles. The molecular weight excluding hydrogens is 568 g/mol. The van der Waals surface area contributed by atoms with Crippen LogP contribution in [0.3, 0.4) is 0 Å². The number of imide groups is 1. The lowest BCUT2D eigenvalue weighted by molar-refractivity contribution is 0.0909. The molecule has 218 valence electrons. The molecule has 2 aliphatic heterocycles. The van der Waals surface area contributed by atoms with Crippen LogP contribution in [0, 0.1) is 6.92 Å². The first-order valence-electron chi connectivity index (χ1n) is 13.5. The Balaban J connectivity index is 1.23. The molecule has 1 atom stereocenters. The molecule has 10 nitrogen and oxygen atoms in total. The van der Waals surface area contributed by atoms with Gasteiger partial charge in [0.2, 0.25) is 10.0 Å². The van der Waals surface area contributed by atoms with Crippen LogP contribution in [0.2, 0.25) is 5.02 Å². The van der Waals surface area contributed by atoms with Crippen LogP contribution in [0.25, 0.3) is 5.57 Å². The molecule has 41 heavy (non-hydrogen) atoms. The molecule has 0 bridgehead atoms. The maximum absolute atomic E-state index is 13.0. The molecule has 0 radical (unpaired) electrons. The van der Waals surface area contributed by atoms with Gasteiger partial charge in [0.25, 0.3) is 0 Å². The number of halogens is 1. The highest BCUT2D eigenvalue weighted by atomic mass is 35.5. The molecule has 3 aliphatic rings. The van der Waals surface area contributed by atoms with Gasteiger partial charge in [0.15, 0.2) is 0 Å². The highest BCUT2D eigenvalue weighted by Gasteiger charge is 2.40. The first kappa shape index (κ1) is 28.9. The van der Waals surface area contributed by atoms with E-state index in [2.05, 4.69) is 18.2 Å². The third-order valence-corrected chi connectivity index (χ3v) is 9.22. The number of carbonyl (C=O) groups is 3. The summed E-state index contributed by atoms with van der Waals surface area (Å²) in [5.74, 6) is 0. The predicted octanol–water partition coefficient (Wildman–Crippen LogP) is 4.81. The third kappa shape index (κ3) is 6.06. The van der Waals surface area contributed by atoms with Crippen molar-refractivity contribution in [3.63, 3.8) is 0 Å². The lowest BCUT2D eigenvalue weighted by atomic mass is 9.95. The van der Waals surface area contributed by atoms with E-state index in [0.29, 0.717) is 24.5 Å². The Morgan fingerprint density at radius 3 is 2.54 bits per heavy atom. The normalized spacial score (nSPS) is 18.8. The Labute approximate surface area is 245 Å². The number of hydrogen-bond donors (Lipinski definition) is 0. The smallest absolute Gasteiger partial charge is 0.410 e. The summed E-state index contributed by atoms with van der Waals surface area (Å²) < 4.78 is 29.9. The fourth-order valence-corrected chi connectivity index (χ4v) is 6.84. The van der Waals surface area contributed by atoms with E-state index in [1.807, 2.05) is 25.1 Å². The van der Waals surface area contributed by atoms with Crippen molar-refractivity contribution >= 4 is 45.4 Å². The van der Waals surface area contributed by atoms with Crippen LogP contribution in [-0.2, 0) is 27.8 Å². The van der Waals surface area contributed by atoms with Gasteiger partial charge in [-0.25, -0.2) is 32.0 Å². The number of rotatable bonds is 5. The molecule has 5 rings (SSSR count). The van der Waals surface area contributed by atoms with Gasteiger partial charge in [-0.1, -0.05) is 35.9 Å². The minimum Gasteiger partial charge on any atom is -0.445 e. The van der Waals surface area contributed by atoms with E-state index in [0.717, 1.165) is 56.1 Å². The third-order valence-electron chi connectivity index (χ3n) is 7.86. The van der Waals surface area contributed by atoms with Crippen molar-refractivity contribution in [1.29, 1.82) is 0 Å². The summed E-state index contributed by atoms with van der Waals surface area (Å²) in [4.78, 5) is 42.6. The average molecular weight is 601 g/mol. The van der Waals surface area contributed by atoms with E-state index in [1.165, 1.54) is 5.56 Å². The topological polar surface area (TPSA) is 108 Å². The molecule has 1 fully saturated rings. The van der Waals surface area contributed by atoms with Crippen molar-refractivity contribution in [1.82, 2.24) is 19.0 Å². The predicted molar refractivity (Wildman–Crippen MR) is 155 cm³/mol. The molecule has 1 unspecified atom stereocenters. The Bertz CT molecular complexity index is 1520. The molecule has 1 saturated heterocycles. The summed E-state index contributed by atoms with van der Waals surface area (Å²) in [6, 6.07) is 10.5. The minimum atomic E-state index is -3.71. The molecular formula is C29H33ClN4O6S. The molecule has 0 spiro atoms. The van der Waals surface area contributed by atoms with Crippen molar-refractivity contribution in [3.8, 4) is 0 Å². The molecule has 0 N–H and O–H groups in total. The summed E-state index contributed by atoms with van der Waals surface area (Å²) in [6.45, 7) is 2.81. The van der Waals surface area contributed by atoms with E-state index in [9.17, 15) is 22.8 Å². The van der Waals surface area contributed by atoms with Crippen molar-refractivity contribution in [2.24, 2.45) is 0 Å². The summed E-state index contributed by atoms with van der Waals surface area (Å²) in [5.41, 5.74) is 6.23. The quantitative estimate of drug-likeness (QED) is 0.487. The van der Waals surface area contributed by atoms with Gasteiger partial charge in [-0.3, -0.25) is 0 Å². The Morgan fingerprint density at radius 2 is 1.88 bits per heavy atom. The van der Waals surface area contributed by atoms with E-state index in [1.54, 1.807) is 22.9 Å². The first-order chi connectivity index (χ1) is 19.4. The molecule has 0 saturated carbocycles. The van der Waals surface area contributed by atoms with Crippen LogP contribution in [0.15, 0.2) is 42.5 Å². The van der Waals surface area contributed by atoms with Crippen LogP contribution < -0.4 is 0 Å². The van der Waals surface area contributed by atoms with Gasteiger partial charge < -0.3 is 14.5 Å². The van der Waals surface area contributed by atoms with Gasteiger partial charge >= 0.3 is 18.2 Å². The van der Waals surface area contributed by atoms with Gasteiger partial charge in [-0.05, 0) is 77.8 Å². The van der Waals surface area contributed by atoms with Crippen molar-refractivity contribution in [3.05, 3.63) is 75.3 Å². The fraction of sp³-hybridized carbons (Fsp3) is 0.414. The monoisotopic (exact) mass is 600 g/mol. The Hall–Kier alpha value is -3.57. The maximum Gasteiger partial charge on any atom is 0.410 e. The summed E-state index contributed by atoms with van der Waals surface area (Å²) in [6.07, 6.45) is 4.77. The number of sulfonamides is 1. The molecule has 2 aromatic carbocycles. The fourth-order valence-electron chi connectivity index (χ4n) is 5.73. The first-order valence-corrected chi connectivity index (χ1v) is 15.7. The van der Waals surface area contributed by atoms with E-state index in [4.69, 9.17) is 16.3 Å². The van der Waals surface area contributed by atoms with Gasteiger partial charge in [0, 0.05) is 25.2 Å². The van der Waals surface area contributed by atoms with Gasteiger partial charge in [-0.2, -0.15) is 0 Å². The Kier molecular flexibility index (Phi) is 8.02. The van der Waals surface area contributed by atoms with Crippen LogP contribution >= 0.6 is 11.6 Å². The van der Waals surface area contributed by atoms with Crippen LogP contribution in [0.5, 0.6) is 0 Å². The number of benzene rings is 2. The highest BCUT2D eigenvalue weighted by molar-refractivity contribution is 7.88. The van der Waals surface area contributed by atoms with Crippen LogP contribution in [-0.4, -0.2) is 85.1 Å². The second kappa shape index (κ2) is 11.4. The number of aryl methyl sites for hydroxylation is 2. The lowest BCUT2D eigenvalue weighted by Gasteiger charge is -2.30. The van der Waals surface area contributed by atoms with Crippen molar-refractivity contribution in [2.45, 2.75) is 38.8 Å². The molecule has 12 heteroatoms. The largest absolute Gasteiger partial charge is 0.445 e. The molecule has 1 aliphatic carbocycles. The highest BCUT2D eigenvalue weighted by Crippen LogP contribution is 2.38. The number of ether oxygens (including phenoxy) is 1. The van der Waals surface area contributed by atoms with Crippen molar-refractivity contribution < 1.29 is 27.5 Å². The minimum absolute atomic E-state index is 0.0309. The van der Waals surface area contributed by atoms with Crippen LogP contribution in [0.1, 0.15) is 46.7 Å². The van der Waals surface area contributed by atoms with E-state index < -0.39 is 28.2 Å². The number of carbonyl (C=O) groups excluding carboxylic acids is 3. The standard InChI is InChI=1S/C29H33ClN4O6S/c1-19-14-20(16-24(30)15-19)18-40-29(37)31(2)26-7-6-22-4-5-23(17-25(22)26)21-8-10-32(11-9-21)27(35)33-12-13-34(28(33)36)41(3,38)39/h4-5,8,14-17,26H,6-7,9-13,18H2,1-3H3. The SMILES string of the molecule is Cc1cc(Cl)cc(COC(=O)N(C)C2CCc3ccc(C4=CCN(C(=O)N5CCN(S(C)(=O)=O)C5=O)CC4)cc32)c1. The van der Waals surface area contributed by atoms with E-state index >= 15 is 0 Å².